The number of allylic oxidation sites excluding steroid dienone is 1. The average molecular weight is 199 g/mol. The van der Waals surface area contributed by atoms with Crippen molar-refractivity contribution in [2.75, 3.05) is 0 Å². The number of hydrogen-bond donors (Lipinski definition) is 0. The largest absolute Gasteiger partial charge is 0.0752 e. The summed E-state index contributed by atoms with van der Waals surface area (Å²) < 4.78 is 0. The van der Waals surface area contributed by atoms with Crippen molar-refractivity contribution in [1.82, 2.24) is 0 Å². The van der Waals surface area contributed by atoms with E-state index in [1.54, 1.807) is 5.54 Å². The zero-order valence-corrected chi connectivity index (χ0v) is 9.59. The van der Waals surface area contributed by atoms with Crippen molar-refractivity contribution in [2.24, 2.45) is 0 Å². The zero-order valence-electron chi connectivity index (χ0n) is 8.59. The van der Waals surface area contributed by atoms with E-state index in [2.05, 4.69) is 43.0 Å². The van der Waals surface area contributed by atoms with E-state index in [0.717, 1.165) is 0 Å². The summed E-state index contributed by atoms with van der Waals surface area (Å²) in [6.45, 7) is 2.54. The SMILES string of the molecule is C[Si]1([C]2C=Cc3ccccc32)CCC1. The smallest absolute Gasteiger partial charge is 0.0677 e. The minimum atomic E-state index is -0.985. The predicted molar refractivity (Wildman–Crippen MR) is 63.7 cm³/mol. The molecule has 2 aliphatic rings. The van der Waals surface area contributed by atoms with E-state index in [4.69, 9.17) is 0 Å². The van der Waals surface area contributed by atoms with Gasteiger partial charge in [0.1, 0.15) is 0 Å². The van der Waals surface area contributed by atoms with Gasteiger partial charge < -0.3 is 0 Å². The number of rotatable bonds is 1. The van der Waals surface area contributed by atoms with E-state index in [-0.39, 0.29) is 0 Å². The second kappa shape index (κ2) is 2.83. The second-order valence-corrected chi connectivity index (χ2v) is 9.41. The summed E-state index contributed by atoms with van der Waals surface area (Å²) >= 11 is 0. The molecule has 0 aromatic heterocycles. The molecular weight excluding hydrogens is 184 g/mol. The van der Waals surface area contributed by atoms with Crippen LogP contribution in [0.25, 0.3) is 6.08 Å². The maximum Gasteiger partial charge on any atom is 0.0677 e. The van der Waals surface area contributed by atoms with Crippen LogP contribution in [0.2, 0.25) is 18.6 Å². The summed E-state index contributed by atoms with van der Waals surface area (Å²) in [6, 6.07) is 11.8. The van der Waals surface area contributed by atoms with Crippen LogP contribution in [0.3, 0.4) is 0 Å². The van der Waals surface area contributed by atoms with Gasteiger partial charge in [0.25, 0.3) is 0 Å². The Bertz CT molecular complexity index is 388. The Morgan fingerprint density at radius 2 is 1.86 bits per heavy atom. The molecule has 1 saturated heterocycles. The minimum Gasteiger partial charge on any atom is -0.0752 e. The third kappa shape index (κ3) is 1.05. The van der Waals surface area contributed by atoms with Gasteiger partial charge in [0.2, 0.25) is 0 Å². The van der Waals surface area contributed by atoms with Gasteiger partial charge in [-0.05, 0) is 11.1 Å². The molecule has 1 heteroatoms. The van der Waals surface area contributed by atoms with E-state index < -0.39 is 8.07 Å². The molecule has 0 unspecified atom stereocenters. The lowest BCUT2D eigenvalue weighted by Gasteiger charge is -2.40. The molecule has 0 N–H and O–H groups in total. The molecule has 1 heterocycles. The Morgan fingerprint density at radius 1 is 1.07 bits per heavy atom. The molecule has 1 aliphatic carbocycles. The van der Waals surface area contributed by atoms with Crippen molar-refractivity contribution < 1.29 is 0 Å². The maximum absolute atomic E-state index is 2.54. The van der Waals surface area contributed by atoms with Crippen LogP contribution in [-0.2, 0) is 0 Å². The molecular formula is C13H15Si. The predicted octanol–water partition coefficient (Wildman–Crippen LogP) is 3.66. The van der Waals surface area contributed by atoms with E-state index in [1.807, 2.05) is 0 Å². The van der Waals surface area contributed by atoms with Crippen LogP contribution in [0, 0.1) is 5.54 Å². The van der Waals surface area contributed by atoms with Crippen LogP contribution >= 0.6 is 0 Å². The second-order valence-electron chi connectivity index (χ2n) is 4.75. The average Bonchev–Trinajstić information content (AvgIpc) is 2.58. The lowest BCUT2D eigenvalue weighted by atomic mass is 10.1. The lowest BCUT2D eigenvalue weighted by molar-refractivity contribution is 0.897. The molecule has 0 nitrogen and oxygen atoms in total. The molecule has 14 heavy (non-hydrogen) atoms. The Hall–Kier alpha value is -0.823. The van der Waals surface area contributed by atoms with E-state index in [9.17, 15) is 0 Å². The van der Waals surface area contributed by atoms with Crippen molar-refractivity contribution in [1.29, 1.82) is 0 Å². The topological polar surface area (TPSA) is 0 Å². The molecule has 0 spiro atoms. The highest BCUT2D eigenvalue weighted by Gasteiger charge is 2.43. The Labute approximate surface area is 86.7 Å². The molecule has 1 radical (unpaired) electrons. The van der Waals surface area contributed by atoms with Crippen LogP contribution < -0.4 is 0 Å². The van der Waals surface area contributed by atoms with Gasteiger partial charge in [-0.3, -0.25) is 0 Å². The first-order valence-electron chi connectivity index (χ1n) is 5.45. The normalized spacial score (nSPS) is 23.2. The van der Waals surface area contributed by atoms with Crippen LogP contribution in [-0.4, -0.2) is 8.07 Å². The lowest BCUT2D eigenvalue weighted by Crippen LogP contribution is -2.44. The van der Waals surface area contributed by atoms with Gasteiger partial charge in [0.15, 0.2) is 0 Å². The summed E-state index contributed by atoms with van der Waals surface area (Å²) in [5.74, 6) is 0. The van der Waals surface area contributed by atoms with Crippen molar-refractivity contribution >= 4 is 14.1 Å². The maximum atomic E-state index is 2.54. The van der Waals surface area contributed by atoms with Crippen LogP contribution in [0.1, 0.15) is 17.5 Å². The Balaban J connectivity index is 2.02. The standard InChI is InChI=1S/C13H15Si/c1-14(9-4-10-14)13-8-7-11-5-2-3-6-12(11)13/h2-3,5-8H,4,9-10H2,1H3. The molecule has 3 rings (SSSR count). The highest BCUT2D eigenvalue weighted by atomic mass is 28.3. The fraction of sp³-hybridized carbons (Fsp3) is 0.308. The first-order chi connectivity index (χ1) is 6.80. The van der Waals surface area contributed by atoms with E-state index in [1.165, 1.54) is 29.6 Å². The molecule has 1 aromatic carbocycles. The summed E-state index contributed by atoms with van der Waals surface area (Å²) in [4.78, 5) is 0. The van der Waals surface area contributed by atoms with Gasteiger partial charge in [-0.1, -0.05) is 61.5 Å². The van der Waals surface area contributed by atoms with Crippen LogP contribution in [0.5, 0.6) is 0 Å². The van der Waals surface area contributed by atoms with Crippen molar-refractivity contribution in [3.63, 3.8) is 0 Å². The molecule has 0 saturated carbocycles. The van der Waals surface area contributed by atoms with E-state index >= 15 is 0 Å². The third-order valence-electron chi connectivity index (χ3n) is 3.79. The van der Waals surface area contributed by atoms with Gasteiger partial charge in [0.05, 0.1) is 8.07 Å². The molecule has 71 valence electrons. The summed E-state index contributed by atoms with van der Waals surface area (Å²) in [7, 11) is -0.985. The fourth-order valence-electron chi connectivity index (χ4n) is 2.65. The van der Waals surface area contributed by atoms with Crippen LogP contribution in [0.4, 0.5) is 0 Å². The zero-order chi connectivity index (χ0) is 9.60. The third-order valence-corrected chi connectivity index (χ3v) is 8.44. The number of hydrogen-bond acceptors (Lipinski definition) is 0. The van der Waals surface area contributed by atoms with Gasteiger partial charge in [-0.25, -0.2) is 0 Å². The first kappa shape index (κ1) is 8.48. The molecule has 0 bridgehead atoms. The monoisotopic (exact) mass is 199 g/mol. The number of fused-ring (bicyclic) bond motifs is 1. The first-order valence-corrected chi connectivity index (χ1v) is 8.36. The quantitative estimate of drug-likeness (QED) is 0.606. The fourth-order valence-corrected chi connectivity index (χ4v) is 5.97. The summed E-state index contributed by atoms with van der Waals surface area (Å²) in [5.41, 5.74) is 4.67. The molecule has 1 aromatic rings. The number of benzene rings is 1. The molecule has 0 atom stereocenters. The van der Waals surface area contributed by atoms with Crippen molar-refractivity contribution in [3.8, 4) is 0 Å². The summed E-state index contributed by atoms with van der Waals surface area (Å²) in [6.07, 6.45) is 6.14. The Kier molecular flexibility index (Phi) is 1.72. The molecule has 1 aliphatic heterocycles. The van der Waals surface area contributed by atoms with Gasteiger partial charge in [0, 0.05) is 5.54 Å². The van der Waals surface area contributed by atoms with Crippen molar-refractivity contribution in [3.05, 3.63) is 47.0 Å². The molecule has 1 fully saturated rings. The minimum absolute atomic E-state index is 0.985. The highest BCUT2D eigenvalue weighted by Crippen LogP contribution is 2.46. The van der Waals surface area contributed by atoms with Gasteiger partial charge in [-0.2, -0.15) is 0 Å². The molecule has 0 amide bonds. The summed E-state index contributed by atoms with van der Waals surface area (Å²) in [5, 5.41) is 0. The van der Waals surface area contributed by atoms with Crippen LogP contribution in [0.15, 0.2) is 30.3 Å². The Morgan fingerprint density at radius 3 is 2.57 bits per heavy atom. The van der Waals surface area contributed by atoms with E-state index in [0.29, 0.717) is 0 Å². The van der Waals surface area contributed by atoms with Crippen molar-refractivity contribution in [2.45, 2.75) is 25.1 Å². The van der Waals surface area contributed by atoms with Gasteiger partial charge in [-0.15, -0.1) is 0 Å². The highest BCUT2D eigenvalue weighted by molar-refractivity contribution is 6.87. The van der Waals surface area contributed by atoms with Gasteiger partial charge >= 0.3 is 0 Å².